The molecule has 2 aromatic rings. The topological polar surface area (TPSA) is 50.8 Å². The molecule has 0 bridgehead atoms. The molecule has 1 aliphatic heterocycles. The van der Waals surface area contributed by atoms with Crippen molar-refractivity contribution < 1.29 is 23.0 Å². The zero-order valence-electron chi connectivity index (χ0n) is 14.6. The second-order valence-electron chi connectivity index (χ2n) is 5.76. The quantitative estimate of drug-likeness (QED) is 0.556. The molecule has 0 aromatic heterocycles. The van der Waals surface area contributed by atoms with Crippen molar-refractivity contribution in [3.63, 3.8) is 0 Å². The number of nitrogens with zero attached hydrogens (tertiary/aromatic N) is 1. The van der Waals surface area contributed by atoms with Crippen molar-refractivity contribution in [2.75, 3.05) is 7.11 Å². The molecule has 0 unspecified atom stereocenters. The summed E-state index contributed by atoms with van der Waals surface area (Å²) < 4.78 is 34.3. The standard InChI is InChI=1S/C19H15ClF2N2O3S/c1-26-16-9-11(6-7-15(16)27-18(21)22)8-14-17(25)24(19(28)23-14)10-12-4-2-3-5-13(12)20/h2-9,18H,10H2,1H3,(H,23,28)/b14-8+. The van der Waals surface area contributed by atoms with E-state index >= 15 is 0 Å². The number of ether oxygens (including phenoxy) is 2. The predicted octanol–water partition coefficient (Wildman–Crippen LogP) is 4.21. The first kappa shape index (κ1) is 20.0. The van der Waals surface area contributed by atoms with Crippen LogP contribution in [0.25, 0.3) is 6.08 Å². The fraction of sp³-hybridized carbons (Fsp3) is 0.158. The van der Waals surface area contributed by atoms with E-state index in [0.717, 1.165) is 5.56 Å². The van der Waals surface area contributed by atoms with Gasteiger partial charge in [-0.3, -0.25) is 9.69 Å². The molecule has 0 radical (unpaired) electrons. The average Bonchev–Trinajstić information content (AvgIpc) is 2.91. The lowest BCUT2D eigenvalue weighted by atomic mass is 10.1. The number of methoxy groups -OCH3 is 1. The lowest BCUT2D eigenvalue weighted by Gasteiger charge is -2.14. The lowest BCUT2D eigenvalue weighted by molar-refractivity contribution is -0.122. The van der Waals surface area contributed by atoms with Crippen LogP contribution in [-0.2, 0) is 11.3 Å². The highest BCUT2D eigenvalue weighted by Crippen LogP contribution is 2.30. The van der Waals surface area contributed by atoms with Gasteiger partial charge in [-0.25, -0.2) is 0 Å². The molecule has 0 atom stereocenters. The van der Waals surface area contributed by atoms with E-state index in [1.807, 2.05) is 12.1 Å². The van der Waals surface area contributed by atoms with E-state index in [9.17, 15) is 13.6 Å². The van der Waals surface area contributed by atoms with E-state index in [1.165, 1.54) is 30.2 Å². The number of hydrogen-bond donors (Lipinski definition) is 1. The third-order valence-corrected chi connectivity index (χ3v) is 4.65. The first-order valence-corrected chi connectivity index (χ1v) is 8.88. The number of halogens is 3. The van der Waals surface area contributed by atoms with E-state index in [-0.39, 0.29) is 34.8 Å². The monoisotopic (exact) mass is 424 g/mol. The van der Waals surface area contributed by atoms with Gasteiger partial charge in [0.2, 0.25) is 0 Å². The van der Waals surface area contributed by atoms with Crippen LogP contribution >= 0.6 is 23.8 Å². The first-order valence-electron chi connectivity index (χ1n) is 8.10. The van der Waals surface area contributed by atoms with Crippen molar-refractivity contribution in [1.29, 1.82) is 0 Å². The first-order chi connectivity index (χ1) is 13.4. The van der Waals surface area contributed by atoms with Crippen LogP contribution in [0, 0.1) is 0 Å². The minimum atomic E-state index is -2.97. The van der Waals surface area contributed by atoms with E-state index < -0.39 is 6.61 Å². The number of thiocarbonyl (C=S) groups is 1. The maximum atomic E-state index is 12.7. The second kappa shape index (κ2) is 8.53. The van der Waals surface area contributed by atoms with Gasteiger partial charge in [0.25, 0.3) is 5.91 Å². The summed E-state index contributed by atoms with van der Waals surface area (Å²) in [5.41, 5.74) is 1.57. The summed E-state index contributed by atoms with van der Waals surface area (Å²) >= 11 is 11.4. The van der Waals surface area contributed by atoms with E-state index in [4.69, 9.17) is 28.6 Å². The number of carbonyl (C=O) groups excluding carboxylic acids is 1. The van der Waals surface area contributed by atoms with Gasteiger partial charge in [-0.1, -0.05) is 35.9 Å². The van der Waals surface area contributed by atoms with Crippen LogP contribution < -0.4 is 14.8 Å². The normalized spacial score (nSPS) is 15.3. The fourth-order valence-corrected chi connectivity index (χ4v) is 3.10. The Morgan fingerprint density at radius 3 is 2.68 bits per heavy atom. The largest absolute Gasteiger partial charge is 0.493 e. The van der Waals surface area contributed by atoms with Gasteiger partial charge in [0.05, 0.1) is 13.7 Å². The molecular weight excluding hydrogens is 410 g/mol. The summed E-state index contributed by atoms with van der Waals surface area (Å²) in [6.45, 7) is -2.74. The van der Waals surface area contributed by atoms with Crippen molar-refractivity contribution in [3.05, 3.63) is 64.3 Å². The van der Waals surface area contributed by atoms with E-state index in [0.29, 0.717) is 10.6 Å². The maximum Gasteiger partial charge on any atom is 0.387 e. The summed E-state index contributed by atoms with van der Waals surface area (Å²) in [7, 11) is 1.34. The Morgan fingerprint density at radius 1 is 1.25 bits per heavy atom. The smallest absolute Gasteiger partial charge is 0.387 e. The number of carbonyl (C=O) groups is 1. The van der Waals surface area contributed by atoms with Crippen molar-refractivity contribution in [2.45, 2.75) is 13.2 Å². The highest BCUT2D eigenvalue weighted by molar-refractivity contribution is 7.80. The van der Waals surface area contributed by atoms with Gasteiger partial charge >= 0.3 is 6.61 Å². The molecule has 2 aromatic carbocycles. The molecule has 1 heterocycles. The van der Waals surface area contributed by atoms with E-state index in [2.05, 4.69) is 10.1 Å². The second-order valence-corrected chi connectivity index (χ2v) is 6.55. The SMILES string of the molecule is COc1cc(/C=C2/NC(=S)N(Cc3ccccc3Cl)C2=O)ccc1OC(F)F. The molecular formula is C19H15ClF2N2O3S. The van der Waals surface area contributed by atoms with Crippen LogP contribution in [0.3, 0.4) is 0 Å². The van der Waals surface area contributed by atoms with Gasteiger partial charge < -0.3 is 14.8 Å². The van der Waals surface area contributed by atoms with Gasteiger partial charge in [-0.2, -0.15) is 8.78 Å². The molecule has 1 aliphatic rings. The zero-order valence-corrected chi connectivity index (χ0v) is 16.2. The minimum absolute atomic E-state index is 0.0961. The number of benzene rings is 2. The maximum absolute atomic E-state index is 12.7. The van der Waals surface area contributed by atoms with Crippen LogP contribution in [0.15, 0.2) is 48.2 Å². The van der Waals surface area contributed by atoms with Crippen LogP contribution in [0.2, 0.25) is 5.02 Å². The fourth-order valence-electron chi connectivity index (χ4n) is 2.65. The highest BCUT2D eigenvalue weighted by atomic mass is 35.5. The Labute approximate surface area is 170 Å². The number of amides is 1. The molecule has 146 valence electrons. The lowest BCUT2D eigenvalue weighted by Crippen LogP contribution is -2.30. The van der Waals surface area contributed by atoms with Gasteiger partial charge in [0.1, 0.15) is 5.70 Å². The summed E-state index contributed by atoms with van der Waals surface area (Å²) in [5, 5.41) is 3.65. The van der Waals surface area contributed by atoms with Crippen molar-refractivity contribution in [2.24, 2.45) is 0 Å². The van der Waals surface area contributed by atoms with Crippen LogP contribution in [0.4, 0.5) is 8.78 Å². The predicted molar refractivity (Wildman–Crippen MR) is 105 cm³/mol. The average molecular weight is 425 g/mol. The molecule has 0 saturated carbocycles. The molecule has 5 nitrogen and oxygen atoms in total. The van der Waals surface area contributed by atoms with Gasteiger partial charge in [0.15, 0.2) is 16.6 Å². The highest BCUT2D eigenvalue weighted by Gasteiger charge is 2.31. The van der Waals surface area contributed by atoms with Gasteiger partial charge in [0, 0.05) is 5.02 Å². The summed E-state index contributed by atoms with van der Waals surface area (Å²) in [6.07, 6.45) is 1.55. The van der Waals surface area contributed by atoms with Crippen molar-refractivity contribution >= 4 is 40.9 Å². The Morgan fingerprint density at radius 2 is 2.00 bits per heavy atom. The third-order valence-electron chi connectivity index (χ3n) is 3.96. The summed E-state index contributed by atoms with van der Waals surface area (Å²) in [6, 6.07) is 11.5. The van der Waals surface area contributed by atoms with Crippen LogP contribution in [0.1, 0.15) is 11.1 Å². The van der Waals surface area contributed by atoms with Gasteiger partial charge in [-0.15, -0.1) is 0 Å². The van der Waals surface area contributed by atoms with Gasteiger partial charge in [-0.05, 0) is 47.6 Å². The summed E-state index contributed by atoms with van der Waals surface area (Å²) in [4.78, 5) is 14.1. The molecule has 0 spiro atoms. The Balaban J connectivity index is 1.82. The van der Waals surface area contributed by atoms with Crippen LogP contribution in [0.5, 0.6) is 11.5 Å². The molecule has 3 rings (SSSR count). The van der Waals surface area contributed by atoms with Crippen molar-refractivity contribution in [3.8, 4) is 11.5 Å². The molecule has 1 saturated heterocycles. The number of nitrogens with one attached hydrogen (secondary N) is 1. The molecule has 1 fully saturated rings. The molecule has 1 N–H and O–H groups in total. The molecule has 0 aliphatic carbocycles. The zero-order chi connectivity index (χ0) is 20.3. The molecule has 1 amide bonds. The number of rotatable bonds is 6. The number of hydrogen-bond acceptors (Lipinski definition) is 4. The minimum Gasteiger partial charge on any atom is -0.493 e. The molecule has 28 heavy (non-hydrogen) atoms. The Bertz CT molecular complexity index is 953. The van der Waals surface area contributed by atoms with E-state index in [1.54, 1.807) is 18.2 Å². The van der Waals surface area contributed by atoms with Crippen molar-refractivity contribution in [1.82, 2.24) is 10.2 Å². The molecule has 9 heteroatoms. The van der Waals surface area contributed by atoms with Crippen LogP contribution in [-0.4, -0.2) is 29.6 Å². The summed E-state index contributed by atoms with van der Waals surface area (Å²) in [5.74, 6) is -0.298. The third kappa shape index (κ3) is 4.40. The number of alkyl halides is 2. The Hall–Kier alpha value is -2.71. The Kier molecular flexibility index (Phi) is 6.11.